The smallest absolute Gasteiger partial charge is 0.131 e. The molecule has 0 aliphatic carbocycles. The molecular formula is C15H21N3. The standard InChI is InChI=1S/C15H21N3/c1-4-10-18-13(5-2)17-14(15(18)16)12-8-6-11(3)7-9-12/h6-9H,4-5,10,16H2,1-3H3. The van der Waals surface area contributed by atoms with E-state index in [4.69, 9.17) is 5.73 Å². The van der Waals surface area contributed by atoms with Crippen LogP contribution in [-0.4, -0.2) is 9.55 Å². The maximum absolute atomic E-state index is 6.24. The lowest BCUT2D eigenvalue weighted by Crippen LogP contribution is -2.06. The topological polar surface area (TPSA) is 43.8 Å². The molecule has 3 heteroatoms. The van der Waals surface area contributed by atoms with Crippen molar-refractivity contribution in [3.8, 4) is 11.3 Å². The number of nitrogen functional groups attached to an aromatic ring is 1. The van der Waals surface area contributed by atoms with E-state index in [9.17, 15) is 0 Å². The van der Waals surface area contributed by atoms with Crippen LogP contribution in [0.5, 0.6) is 0 Å². The van der Waals surface area contributed by atoms with Crippen LogP contribution in [0.4, 0.5) is 5.82 Å². The van der Waals surface area contributed by atoms with E-state index in [0.29, 0.717) is 0 Å². The van der Waals surface area contributed by atoms with Gasteiger partial charge in [0.15, 0.2) is 0 Å². The Balaban J connectivity index is 2.48. The maximum atomic E-state index is 6.24. The molecule has 3 nitrogen and oxygen atoms in total. The van der Waals surface area contributed by atoms with E-state index in [-0.39, 0.29) is 0 Å². The number of nitrogens with zero attached hydrogens (tertiary/aromatic N) is 2. The van der Waals surface area contributed by atoms with E-state index in [1.807, 2.05) is 0 Å². The molecule has 0 saturated heterocycles. The van der Waals surface area contributed by atoms with Crippen LogP contribution in [0.25, 0.3) is 11.3 Å². The Morgan fingerprint density at radius 2 is 1.83 bits per heavy atom. The summed E-state index contributed by atoms with van der Waals surface area (Å²) in [4.78, 5) is 4.68. The second-order valence-electron chi connectivity index (χ2n) is 4.63. The van der Waals surface area contributed by atoms with E-state index in [1.54, 1.807) is 0 Å². The summed E-state index contributed by atoms with van der Waals surface area (Å²) in [7, 11) is 0. The number of aryl methyl sites for hydroxylation is 2. The van der Waals surface area contributed by atoms with Gasteiger partial charge in [-0.3, -0.25) is 0 Å². The second kappa shape index (κ2) is 5.25. The van der Waals surface area contributed by atoms with Crippen LogP contribution in [-0.2, 0) is 13.0 Å². The van der Waals surface area contributed by atoms with Crippen LogP contribution >= 0.6 is 0 Å². The zero-order chi connectivity index (χ0) is 13.1. The minimum atomic E-state index is 0.789. The Hall–Kier alpha value is -1.77. The van der Waals surface area contributed by atoms with Gasteiger partial charge < -0.3 is 10.3 Å². The van der Waals surface area contributed by atoms with Gasteiger partial charge in [0.25, 0.3) is 0 Å². The molecule has 0 aliphatic heterocycles. The van der Waals surface area contributed by atoms with Gasteiger partial charge in [-0.1, -0.05) is 43.7 Å². The lowest BCUT2D eigenvalue weighted by atomic mass is 10.1. The van der Waals surface area contributed by atoms with Gasteiger partial charge in [0.05, 0.1) is 0 Å². The first-order valence-electron chi connectivity index (χ1n) is 6.59. The second-order valence-corrected chi connectivity index (χ2v) is 4.63. The predicted octanol–water partition coefficient (Wildman–Crippen LogP) is 3.41. The largest absolute Gasteiger partial charge is 0.383 e. The van der Waals surface area contributed by atoms with Gasteiger partial charge in [-0.2, -0.15) is 0 Å². The Morgan fingerprint density at radius 3 is 2.39 bits per heavy atom. The number of imidazole rings is 1. The van der Waals surface area contributed by atoms with Gasteiger partial charge >= 0.3 is 0 Å². The van der Waals surface area contributed by atoms with E-state index < -0.39 is 0 Å². The molecule has 2 rings (SSSR count). The quantitative estimate of drug-likeness (QED) is 0.894. The van der Waals surface area contributed by atoms with Gasteiger partial charge in [-0.05, 0) is 13.3 Å². The van der Waals surface area contributed by atoms with E-state index >= 15 is 0 Å². The number of aromatic nitrogens is 2. The third-order valence-corrected chi connectivity index (χ3v) is 3.17. The van der Waals surface area contributed by atoms with Crippen molar-refractivity contribution in [1.29, 1.82) is 0 Å². The number of nitrogens with two attached hydrogens (primary N) is 1. The van der Waals surface area contributed by atoms with Crippen molar-refractivity contribution >= 4 is 5.82 Å². The molecule has 0 saturated carbocycles. The van der Waals surface area contributed by atoms with Crippen LogP contribution in [0.15, 0.2) is 24.3 Å². The SMILES string of the molecule is CCCn1c(CC)nc(-c2ccc(C)cc2)c1N. The summed E-state index contributed by atoms with van der Waals surface area (Å²) in [5.41, 5.74) is 9.50. The lowest BCUT2D eigenvalue weighted by Gasteiger charge is -2.06. The van der Waals surface area contributed by atoms with Crippen molar-refractivity contribution in [3.63, 3.8) is 0 Å². The molecule has 2 aromatic rings. The molecule has 2 N–H and O–H groups in total. The Labute approximate surface area is 109 Å². The Kier molecular flexibility index (Phi) is 3.70. The molecule has 0 radical (unpaired) electrons. The third kappa shape index (κ3) is 2.26. The average molecular weight is 243 g/mol. The summed E-state index contributed by atoms with van der Waals surface area (Å²) in [6, 6.07) is 8.37. The van der Waals surface area contributed by atoms with E-state index in [0.717, 1.165) is 42.3 Å². The van der Waals surface area contributed by atoms with E-state index in [2.05, 4.69) is 54.6 Å². The zero-order valence-electron chi connectivity index (χ0n) is 11.4. The highest BCUT2D eigenvalue weighted by atomic mass is 15.1. The first kappa shape index (κ1) is 12.7. The number of benzene rings is 1. The maximum Gasteiger partial charge on any atom is 0.131 e. The predicted molar refractivity (Wildman–Crippen MR) is 76.5 cm³/mol. The first-order chi connectivity index (χ1) is 8.67. The van der Waals surface area contributed by atoms with Gasteiger partial charge in [-0.15, -0.1) is 0 Å². The third-order valence-electron chi connectivity index (χ3n) is 3.17. The van der Waals surface area contributed by atoms with Crippen molar-refractivity contribution in [2.45, 2.75) is 40.2 Å². The molecule has 0 bridgehead atoms. The van der Waals surface area contributed by atoms with Gasteiger partial charge in [-0.25, -0.2) is 4.98 Å². The minimum absolute atomic E-state index is 0.789. The molecule has 1 aromatic heterocycles. The number of hydrogen-bond acceptors (Lipinski definition) is 2. The van der Waals surface area contributed by atoms with Gasteiger partial charge in [0.1, 0.15) is 17.3 Å². The fourth-order valence-electron chi connectivity index (χ4n) is 2.18. The highest BCUT2D eigenvalue weighted by Gasteiger charge is 2.14. The lowest BCUT2D eigenvalue weighted by molar-refractivity contribution is 0.650. The zero-order valence-corrected chi connectivity index (χ0v) is 11.4. The van der Waals surface area contributed by atoms with Crippen LogP contribution in [0, 0.1) is 6.92 Å². The van der Waals surface area contributed by atoms with Crippen LogP contribution in [0.3, 0.4) is 0 Å². The van der Waals surface area contributed by atoms with Crippen LogP contribution < -0.4 is 5.73 Å². The normalized spacial score (nSPS) is 10.8. The molecule has 1 heterocycles. The molecule has 0 spiro atoms. The summed E-state index contributed by atoms with van der Waals surface area (Å²) < 4.78 is 2.13. The molecule has 0 aliphatic rings. The monoisotopic (exact) mass is 243 g/mol. The molecule has 0 atom stereocenters. The Bertz CT molecular complexity index is 523. The van der Waals surface area contributed by atoms with Crippen molar-refractivity contribution in [2.24, 2.45) is 0 Å². The van der Waals surface area contributed by atoms with Gasteiger partial charge in [0, 0.05) is 18.5 Å². The summed E-state index contributed by atoms with van der Waals surface area (Å²) >= 11 is 0. The van der Waals surface area contributed by atoms with Crippen molar-refractivity contribution in [2.75, 3.05) is 5.73 Å². The molecule has 0 unspecified atom stereocenters. The molecule has 18 heavy (non-hydrogen) atoms. The van der Waals surface area contributed by atoms with Crippen LogP contribution in [0.2, 0.25) is 0 Å². The van der Waals surface area contributed by atoms with Crippen LogP contribution in [0.1, 0.15) is 31.7 Å². The number of rotatable bonds is 4. The highest BCUT2D eigenvalue weighted by Crippen LogP contribution is 2.27. The first-order valence-corrected chi connectivity index (χ1v) is 6.59. The van der Waals surface area contributed by atoms with Crippen molar-refractivity contribution < 1.29 is 0 Å². The summed E-state index contributed by atoms with van der Waals surface area (Å²) in [5, 5.41) is 0. The number of anilines is 1. The molecular weight excluding hydrogens is 222 g/mol. The number of hydrogen-bond donors (Lipinski definition) is 1. The van der Waals surface area contributed by atoms with E-state index in [1.165, 1.54) is 5.56 Å². The molecule has 0 amide bonds. The fourth-order valence-corrected chi connectivity index (χ4v) is 2.18. The van der Waals surface area contributed by atoms with Crippen molar-refractivity contribution in [3.05, 3.63) is 35.7 Å². The average Bonchev–Trinajstić information content (AvgIpc) is 2.69. The molecule has 96 valence electrons. The minimum Gasteiger partial charge on any atom is -0.383 e. The molecule has 0 fully saturated rings. The summed E-state index contributed by atoms with van der Waals surface area (Å²) in [5.74, 6) is 1.86. The molecule has 1 aromatic carbocycles. The summed E-state index contributed by atoms with van der Waals surface area (Å²) in [6.45, 7) is 7.30. The van der Waals surface area contributed by atoms with Gasteiger partial charge in [0.2, 0.25) is 0 Å². The highest BCUT2D eigenvalue weighted by molar-refractivity contribution is 5.71. The Morgan fingerprint density at radius 1 is 1.17 bits per heavy atom. The fraction of sp³-hybridized carbons (Fsp3) is 0.400. The van der Waals surface area contributed by atoms with Crippen molar-refractivity contribution in [1.82, 2.24) is 9.55 Å². The summed E-state index contributed by atoms with van der Waals surface area (Å²) in [6.07, 6.45) is 1.98.